The van der Waals surface area contributed by atoms with Crippen LogP contribution in [0.15, 0.2) is 97.3 Å². The first-order valence-corrected chi connectivity index (χ1v) is 11.4. The van der Waals surface area contributed by atoms with Crippen molar-refractivity contribution in [1.82, 2.24) is 9.97 Å². The molecular formula is C28H26N4O. The first kappa shape index (κ1) is 20.9. The number of carbonyl (C=O) groups is 1. The van der Waals surface area contributed by atoms with Crippen molar-refractivity contribution in [3.8, 4) is 22.4 Å². The predicted octanol–water partition coefficient (Wildman–Crippen LogP) is 5.67. The summed E-state index contributed by atoms with van der Waals surface area (Å²) < 4.78 is 0. The monoisotopic (exact) mass is 434 g/mol. The molecule has 1 saturated heterocycles. The Labute approximate surface area is 194 Å². The Hall–Kier alpha value is -3.99. The second-order valence-corrected chi connectivity index (χ2v) is 8.31. The van der Waals surface area contributed by atoms with Crippen molar-refractivity contribution in [3.63, 3.8) is 0 Å². The fourth-order valence-electron chi connectivity index (χ4n) is 4.38. The summed E-state index contributed by atoms with van der Waals surface area (Å²) in [6.07, 6.45) is 3.42. The lowest BCUT2D eigenvalue weighted by atomic mass is 9.96. The number of anilines is 2. The van der Waals surface area contributed by atoms with Crippen LogP contribution in [0.25, 0.3) is 22.4 Å². The third-order valence-corrected chi connectivity index (χ3v) is 6.11. The van der Waals surface area contributed by atoms with Crippen LogP contribution in [0.2, 0.25) is 0 Å². The highest BCUT2D eigenvalue weighted by atomic mass is 16.1. The van der Waals surface area contributed by atoms with E-state index in [-0.39, 0.29) is 11.8 Å². The number of para-hydroxylation sites is 1. The smallest absolute Gasteiger partial charge is 0.229 e. The lowest BCUT2D eigenvalue weighted by Gasteiger charge is -2.33. The predicted molar refractivity (Wildman–Crippen MR) is 133 cm³/mol. The zero-order valence-corrected chi connectivity index (χ0v) is 18.4. The number of piperidine rings is 1. The van der Waals surface area contributed by atoms with Gasteiger partial charge in [0, 0.05) is 36.0 Å². The molecule has 1 aliphatic heterocycles. The third kappa shape index (κ3) is 4.77. The van der Waals surface area contributed by atoms with E-state index in [1.54, 1.807) is 6.33 Å². The molecule has 0 spiro atoms. The van der Waals surface area contributed by atoms with E-state index in [0.717, 1.165) is 53.3 Å². The van der Waals surface area contributed by atoms with Crippen molar-refractivity contribution in [2.24, 2.45) is 5.92 Å². The van der Waals surface area contributed by atoms with Crippen molar-refractivity contribution in [3.05, 3.63) is 97.3 Å². The van der Waals surface area contributed by atoms with Crippen LogP contribution < -0.4 is 10.2 Å². The van der Waals surface area contributed by atoms with Crippen LogP contribution in [-0.4, -0.2) is 29.0 Å². The summed E-state index contributed by atoms with van der Waals surface area (Å²) in [4.78, 5) is 24.4. The van der Waals surface area contributed by atoms with Crippen molar-refractivity contribution >= 4 is 17.4 Å². The Balaban J connectivity index is 1.32. The molecule has 164 valence electrons. The molecule has 0 saturated carbocycles. The second kappa shape index (κ2) is 9.65. The SMILES string of the molecule is O=C(Nc1ccccc1-c1ccccc1)C1CCCN(c2cc(-c3ccccc3)ncn2)C1. The van der Waals surface area contributed by atoms with Crippen molar-refractivity contribution < 1.29 is 4.79 Å². The maximum Gasteiger partial charge on any atom is 0.229 e. The highest BCUT2D eigenvalue weighted by molar-refractivity contribution is 5.97. The normalized spacial score (nSPS) is 15.8. The average Bonchev–Trinajstić information content (AvgIpc) is 2.90. The van der Waals surface area contributed by atoms with Gasteiger partial charge in [-0.15, -0.1) is 0 Å². The maximum absolute atomic E-state index is 13.2. The number of hydrogen-bond acceptors (Lipinski definition) is 4. The molecular weight excluding hydrogens is 408 g/mol. The Morgan fingerprint density at radius 1 is 0.848 bits per heavy atom. The van der Waals surface area contributed by atoms with Crippen molar-refractivity contribution in [1.29, 1.82) is 0 Å². The third-order valence-electron chi connectivity index (χ3n) is 6.11. The number of nitrogens with one attached hydrogen (secondary N) is 1. The quantitative estimate of drug-likeness (QED) is 0.440. The van der Waals surface area contributed by atoms with E-state index in [0.29, 0.717) is 6.54 Å². The van der Waals surface area contributed by atoms with Gasteiger partial charge in [0.25, 0.3) is 0 Å². The molecule has 2 heterocycles. The number of benzene rings is 3. The van der Waals surface area contributed by atoms with Crippen LogP contribution in [0.5, 0.6) is 0 Å². The van der Waals surface area contributed by atoms with Crippen molar-refractivity contribution in [2.75, 3.05) is 23.3 Å². The lowest BCUT2D eigenvalue weighted by molar-refractivity contribution is -0.120. The zero-order valence-electron chi connectivity index (χ0n) is 18.4. The van der Waals surface area contributed by atoms with Gasteiger partial charge in [0.1, 0.15) is 12.1 Å². The fraction of sp³-hybridized carbons (Fsp3) is 0.179. The van der Waals surface area contributed by atoms with E-state index in [1.807, 2.05) is 78.9 Å². The standard InChI is InChI=1S/C28H26N4O/c33-28(31-25-16-8-7-15-24(25)21-10-3-1-4-11-21)23-14-9-17-32(19-23)27-18-26(29-20-30-27)22-12-5-2-6-13-22/h1-8,10-13,15-16,18,20,23H,9,14,17,19H2,(H,31,33). The molecule has 1 fully saturated rings. The number of carbonyl (C=O) groups excluding carboxylic acids is 1. The Bertz CT molecular complexity index is 1230. The van der Waals surface area contributed by atoms with Gasteiger partial charge in [-0.25, -0.2) is 9.97 Å². The molecule has 0 radical (unpaired) electrons. The molecule has 1 atom stereocenters. The molecule has 5 rings (SSSR count). The molecule has 1 amide bonds. The molecule has 1 aromatic heterocycles. The summed E-state index contributed by atoms with van der Waals surface area (Å²) in [6.45, 7) is 1.53. The number of rotatable bonds is 5. The highest BCUT2D eigenvalue weighted by Gasteiger charge is 2.27. The summed E-state index contributed by atoms with van der Waals surface area (Å²) in [5.74, 6) is 0.823. The minimum absolute atomic E-state index is 0.0559. The van der Waals surface area contributed by atoms with Crippen LogP contribution in [-0.2, 0) is 4.79 Å². The Morgan fingerprint density at radius 3 is 2.33 bits per heavy atom. The minimum atomic E-state index is -0.0993. The van der Waals surface area contributed by atoms with Crippen LogP contribution in [0.3, 0.4) is 0 Å². The maximum atomic E-state index is 13.2. The largest absolute Gasteiger partial charge is 0.356 e. The van der Waals surface area contributed by atoms with E-state index in [2.05, 4.69) is 32.3 Å². The summed E-state index contributed by atoms with van der Waals surface area (Å²) in [5.41, 5.74) is 4.92. The number of amides is 1. The van der Waals surface area contributed by atoms with E-state index in [4.69, 9.17) is 0 Å². The van der Waals surface area contributed by atoms with Crippen LogP contribution >= 0.6 is 0 Å². The minimum Gasteiger partial charge on any atom is -0.356 e. The van der Waals surface area contributed by atoms with Gasteiger partial charge in [-0.05, 0) is 24.5 Å². The number of nitrogens with zero attached hydrogens (tertiary/aromatic N) is 3. The van der Waals surface area contributed by atoms with Crippen LogP contribution in [0.4, 0.5) is 11.5 Å². The summed E-state index contributed by atoms with van der Waals surface area (Å²) in [5, 5.41) is 3.19. The van der Waals surface area contributed by atoms with Gasteiger partial charge in [-0.2, -0.15) is 0 Å². The zero-order chi connectivity index (χ0) is 22.5. The Morgan fingerprint density at radius 2 is 1.55 bits per heavy atom. The summed E-state index contributed by atoms with van der Waals surface area (Å²) >= 11 is 0. The molecule has 5 nitrogen and oxygen atoms in total. The van der Waals surface area contributed by atoms with E-state index < -0.39 is 0 Å². The van der Waals surface area contributed by atoms with Gasteiger partial charge < -0.3 is 10.2 Å². The van der Waals surface area contributed by atoms with Crippen LogP contribution in [0.1, 0.15) is 12.8 Å². The summed E-state index contributed by atoms with van der Waals surface area (Å²) in [6, 6.07) is 30.2. The van der Waals surface area contributed by atoms with Gasteiger partial charge in [-0.1, -0.05) is 78.9 Å². The Kier molecular flexibility index (Phi) is 6.11. The average molecular weight is 435 g/mol. The van der Waals surface area contributed by atoms with E-state index in [1.165, 1.54) is 0 Å². The summed E-state index contributed by atoms with van der Waals surface area (Å²) in [7, 11) is 0. The molecule has 5 heteroatoms. The molecule has 0 aliphatic carbocycles. The second-order valence-electron chi connectivity index (χ2n) is 8.31. The van der Waals surface area contributed by atoms with Gasteiger partial charge >= 0.3 is 0 Å². The highest BCUT2D eigenvalue weighted by Crippen LogP contribution is 2.30. The topological polar surface area (TPSA) is 58.1 Å². The van der Waals surface area contributed by atoms with Crippen LogP contribution in [0, 0.1) is 5.92 Å². The molecule has 33 heavy (non-hydrogen) atoms. The van der Waals surface area contributed by atoms with Gasteiger partial charge in [0.15, 0.2) is 0 Å². The first-order chi connectivity index (χ1) is 16.3. The lowest BCUT2D eigenvalue weighted by Crippen LogP contribution is -2.41. The molecule has 4 aromatic rings. The first-order valence-electron chi connectivity index (χ1n) is 11.4. The van der Waals surface area contributed by atoms with E-state index >= 15 is 0 Å². The molecule has 3 aromatic carbocycles. The number of hydrogen-bond donors (Lipinski definition) is 1. The molecule has 0 bridgehead atoms. The molecule has 1 unspecified atom stereocenters. The molecule has 1 aliphatic rings. The van der Waals surface area contributed by atoms with Gasteiger partial charge in [0.05, 0.1) is 11.6 Å². The van der Waals surface area contributed by atoms with Gasteiger partial charge in [0.2, 0.25) is 5.91 Å². The fourth-order valence-corrected chi connectivity index (χ4v) is 4.38. The number of aromatic nitrogens is 2. The van der Waals surface area contributed by atoms with Gasteiger partial charge in [-0.3, -0.25) is 4.79 Å². The van der Waals surface area contributed by atoms with E-state index in [9.17, 15) is 4.79 Å². The molecule has 1 N–H and O–H groups in total. The van der Waals surface area contributed by atoms with Crippen molar-refractivity contribution in [2.45, 2.75) is 12.8 Å².